The van der Waals surface area contributed by atoms with Crippen molar-refractivity contribution in [1.82, 2.24) is 4.90 Å². The van der Waals surface area contributed by atoms with E-state index in [-0.39, 0.29) is 0 Å². The van der Waals surface area contributed by atoms with E-state index in [2.05, 4.69) is 35.0 Å². The lowest BCUT2D eigenvalue weighted by Crippen LogP contribution is -2.47. The molecule has 0 unspecified atom stereocenters. The molecule has 1 aromatic carbocycles. The Morgan fingerprint density at radius 3 is 3.06 bits per heavy atom. The number of benzene rings is 1. The number of likely N-dealkylation sites (N-methyl/N-ethyl adjacent to an activating group) is 1. The van der Waals surface area contributed by atoms with E-state index >= 15 is 0 Å². The Kier molecular flexibility index (Phi) is 2.41. The highest BCUT2D eigenvalue weighted by molar-refractivity contribution is 5.64. The molecule has 1 fully saturated rings. The molecule has 3 aliphatic rings. The molecule has 4 rings (SSSR count). The van der Waals surface area contributed by atoms with Gasteiger partial charge in [-0.2, -0.15) is 0 Å². The predicted octanol–water partition coefficient (Wildman–Crippen LogP) is 2.49. The van der Waals surface area contributed by atoms with Crippen molar-refractivity contribution in [3.05, 3.63) is 29.3 Å². The molecule has 0 N–H and O–H groups in total. The maximum atomic E-state index is 2.68. The number of piperidine rings is 1. The predicted molar refractivity (Wildman–Crippen MR) is 75.3 cm³/mol. The minimum absolute atomic E-state index is 0.785. The smallest absolute Gasteiger partial charge is 0.0434 e. The van der Waals surface area contributed by atoms with Crippen LogP contribution in [0.3, 0.4) is 0 Å². The van der Waals surface area contributed by atoms with Gasteiger partial charge < -0.3 is 9.80 Å². The summed E-state index contributed by atoms with van der Waals surface area (Å²) in [7, 11) is 2.28. The van der Waals surface area contributed by atoms with E-state index in [4.69, 9.17) is 0 Å². The Morgan fingerprint density at radius 2 is 2.11 bits per heavy atom. The molecule has 18 heavy (non-hydrogen) atoms. The topological polar surface area (TPSA) is 6.48 Å². The lowest BCUT2D eigenvalue weighted by atomic mass is 9.75. The highest BCUT2D eigenvalue weighted by Crippen LogP contribution is 2.45. The van der Waals surface area contributed by atoms with Gasteiger partial charge in [0.05, 0.1) is 0 Å². The fraction of sp³-hybridized carbons (Fsp3) is 0.625. The zero-order valence-electron chi connectivity index (χ0n) is 11.2. The maximum Gasteiger partial charge on any atom is 0.0434 e. The van der Waals surface area contributed by atoms with Gasteiger partial charge in [0.15, 0.2) is 0 Å². The van der Waals surface area contributed by atoms with Crippen LogP contribution in [-0.4, -0.2) is 38.1 Å². The van der Waals surface area contributed by atoms with Crippen LogP contribution in [0.2, 0.25) is 0 Å². The molecule has 1 aromatic rings. The van der Waals surface area contributed by atoms with Crippen molar-refractivity contribution >= 4 is 5.69 Å². The number of hydrogen-bond donors (Lipinski definition) is 0. The Bertz CT molecular complexity index is 468. The molecule has 0 aromatic heterocycles. The normalized spacial score (nSPS) is 30.8. The zero-order valence-corrected chi connectivity index (χ0v) is 11.2. The molecule has 3 aliphatic heterocycles. The molecule has 0 aliphatic carbocycles. The van der Waals surface area contributed by atoms with Crippen LogP contribution >= 0.6 is 0 Å². The molecule has 2 nitrogen and oxygen atoms in total. The minimum Gasteiger partial charge on any atom is -0.371 e. The second-order valence-corrected chi connectivity index (χ2v) is 6.32. The second-order valence-electron chi connectivity index (χ2n) is 6.32. The first-order valence-electron chi connectivity index (χ1n) is 7.38. The molecule has 0 amide bonds. The molecule has 0 spiro atoms. The minimum atomic E-state index is 0.785. The molecule has 2 heteroatoms. The summed E-state index contributed by atoms with van der Waals surface area (Å²) in [6.07, 6.45) is 4.00. The first-order chi connectivity index (χ1) is 8.83. The van der Waals surface area contributed by atoms with Crippen molar-refractivity contribution in [1.29, 1.82) is 0 Å². The summed E-state index contributed by atoms with van der Waals surface area (Å²) < 4.78 is 0. The number of para-hydroxylation sites is 1. The molecule has 3 heterocycles. The van der Waals surface area contributed by atoms with Crippen molar-refractivity contribution < 1.29 is 0 Å². The van der Waals surface area contributed by atoms with Gasteiger partial charge in [-0.05, 0) is 49.9 Å². The fourth-order valence-electron chi connectivity index (χ4n) is 4.27. The van der Waals surface area contributed by atoms with Crippen molar-refractivity contribution in [3.63, 3.8) is 0 Å². The summed E-state index contributed by atoms with van der Waals surface area (Å²) in [5, 5.41) is 0. The number of fused-ring (bicyclic) bond motifs is 2. The van der Waals surface area contributed by atoms with Gasteiger partial charge in [-0.3, -0.25) is 0 Å². The summed E-state index contributed by atoms with van der Waals surface area (Å²) in [5.41, 5.74) is 4.86. The van der Waals surface area contributed by atoms with Gasteiger partial charge in [0.1, 0.15) is 0 Å². The lowest BCUT2D eigenvalue weighted by molar-refractivity contribution is 0.184. The third-order valence-corrected chi connectivity index (χ3v) is 5.15. The van der Waals surface area contributed by atoms with E-state index in [1.54, 1.807) is 16.8 Å². The van der Waals surface area contributed by atoms with Gasteiger partial charge in [0.2, 0.25) is 0 Å². The molecule has 1 saturated heterocycles. The van der Waals surface area contributed by atoms with Gasteiger partial charge in [0, 0.05) is 31.2 Å². The quantitative estimate of drug-likeness (QED) is 0.689. The fourth-order valence-corrected chi connectivity index (χ4v) is 4.27. The van der Waals surface area contributed by atoms with Crippen LogP contribution < -0.4 is 4.90 Å². The third kappa shape index (κ3) is 1.51. The summed E-state index contributed by atoms with van der Waals surface area (Å²) in [6.45, 7) is 5.13. The van der Waals surface area contributed by atoms with Crippen LogP contribution in [0.1, 0.15) is 29.9 Å². The number of anilines is 1. The summed E-state index contributed by atoms with van der Waals surface area (Å²) in [5.74, 6) is 1.68. The van der Waals surface area contributed by atoms with Gasteiger partial charge in [-0.15, -0.1) is 0 Å². The van der Waals surface area contributed by atoms with E-state index in [0.717, 1.165) is 11.8 Å². The first kappa shape index (κ1) is 10.9. The molecular weight excluding hydrogens is 220 g/mol. The summed E-state index contributed by atoms with van der Waals surface area (Å²) in [6, 6.07) is 7.03. The van der Waals surface area contributed by atoms with E-state index < -0.39 is 0 Å². The van der Waals surface area contributed by atoms with Gasteiger partial charge in [0.25, 0.3) is 0 Å². The van der Waals surface area contributed by atoms with Crippen LogP contribution in [-0.2, 0) is 6.42 Å². The first-order valence-corrected chi connectivity index (χ1v) is 7.38. The van der Waals surface area contributed by atoms with Crippen LogP contribution in [0.15, 0.2) is 18.2 Å². The van der Waals surface area contributed by atoms with Crippen molar-refractivity contribution in [3.8, 4) is 0 Å². The molecule has 0 bridgehead atoms. The summed E-state index contributed by atoms with van der Waals surface area (Å²) >= 11 is 0. The second kappa shape index (κ2) is 3.99. The lowest BCUT2D eigenvalue weighted by Gasteiger charge is -2.48. The van der Waals surface area contributed by atoms with Crippen LogP contribution in [0, 0.1) is 5.92 Å². The van der Waals surface area contributed by atoms with E-state index in [0.29, 0.717) is 0 Å². The monoisotopic (exact) mass is 242 g/mol. The average Bonchev–Trinajstić information content (AvgIpc) is 2.40. The van der Waals surface area contributed by atoms with Crippen molar-refractivity contribution in [2.24, 2.45) is 5.92 Å². The Labute approximate surface area is 110 Å². The Morgan fingerprint density at radius 1 is 1.17 bits per heavy atom. The number of likely N-dealkylation sites (tertiary alicyclic amines) is 1. The molecule has 2 atom stereocenters. The SMILES string of the molecule is CN1CC[C@@H]2CN3CCCc4cccc(c43)[C@@H]2C1. The molecule has 96 valence electrons. The standard InChI is InChI=1S/C16H22N2/c1-17-9-7-13-10-18-8-3-5-12-4-2-6-14(16(12)18)15(13)11-17/h2,4,6,13,15H,3,5,7-11H2,1H3/t13-,15-/m1/s1. The largest absolute Gasteiger partial charge is 0.371 e. The van der Waals surface area contributed by atoms with E-state index in [1.165, 1.54) is 45.4 Å². The van der Waals surface area contributed by atoms with E-state index in [1.807, 2.05) is 0 Å². The van der Waals surface area contributed by atoms with Crippen molar-refractivity contribution in [2.75, 3.05) is 38.1 Å². The van der Waals surface area contributed by atoms with Crippen molar-refractivity contribution in [2.45, 2.75) is 25.2 Å². The Hall–Kier alpha value is -1.02. The third-order valence-electron chi connectivity index (χ3n) is 5.15. The maximum absolute atomic E-state index is 2.68. The van der Waals surface area contributed by atoms with Gasteiger partial charge in [-0.25, -0.2) is 0 Å². The number of hydrogen-bond acceptors (Lipinski definition) is 2. The van der Waals surface area contributed by atoms with Crippen LogP contribution in [0.25, 0.3) is 0 Å². The van der Waals surface area contributed by atoms with Crippen LogP contribution in [0.5, 0.6) is 0 Å². The van der Waals surface area contributed by atoms with Gasteiger partial charge in [-0.1, -0.05) is 18.2 Å². The number of aryl methyl sites for hydroxylation is 1. The molecule has 0 radical (unpaired) electrons. The zero-order chi connectivity index (χ0) is 12.1. The van der Waals surface area contributed by atoms with Crippen LogP contribution in [0.4, 0.5) is 5.69 Å². The number of rotatable bonds is 0. The number of nitrogens with zero attached hydrogens (tertiary/aromatic N) is 2. The summed E-state index contributed by atoms with van der Waals surface area (Å²) in [4.78, 5) is 5.19. The average molecular weight is 242 g/mol. The molecular formula is C16H22N2. The Balaban J connectivity index is 1.82. The highest BCUT2D eigenvalue weighted by Gasteiger charge is 2.38. The highest BCUT2D eigenvalue weighted by atomic mass is 15.2. The van der Waals surface area contributed by atoms with Gasteiger partial charge >= 0.3 is 0 Å². The van der Waals surface area contributed by atoms with E-state index in [9.17, 15) is 0 Å². The molecule has 0 saturated carbocycles.